The lowest BCUT2D eigenvalue weighted by Crippen LogP contribution is -2.33. The molecule has 2 N–H and O–H groups in total. The maximum atomic E-state index is 13.3. The molecule has 0 bridgehead atoms. The second-order valence-corrected chi connectivity index (χ2v) is 7.59. The van der Waals surface area contributed by atoms with Crippen molar-refractivity contribution in [3.05, 3.63) is 59.9 Å². The van der Waals surface area contributed by atoms with E-state index >= 15 is 0 Å². The average molecular weight is 367 g/mol. The fraction of sp³-hybridized carbons (Fsp3) is 0.333. The van der Waals surface area contributed by atoms with Gasteiger partial charge < -0.3 is 15.5 Å². The van der Waals surface area contributed by atoms with Gasteiger partial charge in [0.2, 0.25) is 5.91 Å². The van der Waals surface area contributed by atoms with E-state index in [0.29, 0.717) is 18.8 Å². The SMILES string of the molecule is Cc1ccc(NC(=O)N2CCC3(CC3C(=O)Nc3cccc(F)c3)C2)cc1. The molecule has 27 heavy (non-hydrogen) atoms. The van der Waals surface area contributed by atoms with E-state index in [1.165, 1.54) is 12.1 Å². The number of amides is 3. The number of nitrogens with one attached hydrogen (secondary N) is 2. The fourth-order valence-electron chi connectivity index (χ4n) is 3.87. The highest BCUT2D eigenvalue weighted by molar-refractivity contribution is 5.95. The second kappa shape index (κ2) is 6.68. The molecule has 2 aromatic rings. The summed E-state index contributed by atoms with van der Waals surface area (Å²) in [7, 11) is 0. The lowest BCUT2D eigenvalue weighted by Gasteiger charge is -2.17. The molecule has 2 unspecified atom stereocenters. The van der Waals surface area contributed by atoms with Crippen LogP contribution in [-0.4, -0.2) is 29.9 Å². The number of carbonyl (C=O) groups is 2. The lowest BCUT2D eigenvalue weighted by atomic mass is 10.0. The zero-order valence-electron chi connectivity index (χ0n) is 15.2. The molecule has 1 aliphatic heterocycles. The Labute approximate surface area is 157 Å². The van der Waals surface area contributed by atoms with E-state index < -0.39 is 0 Å². The number of anilines is 2. The Kier molecular flexibility index (Phi) is 4.34. The number of nitrogens with zero attached hydrogens (tertiary/aromatic N) is 1. The third-order valence-corrected chi connectivity index (χ3v) is 5.57. The van der Waals surface area contributed by atoms with Crippen LogP contribution in [0.2, 0.25) is 0 Å². The Morgan fingerprint density at radius 3 is 2.63 bits per heavy atom. The van der Waals surface area contributed by atoms with Gasteiger partial charge in [-0.25, -0.2) is 9.18 Å². The van der Waals surface area contributed by atoms with E-state index in [-0.39, 0.29) is 29.1 Å². The van der Waals surface area contributed by atoms with E-state index in [9.17, 15) is 14.0 Å². The lowest BCUT2D eigenvalue weighted by molar-refractivity contribution is -0.118. The van der Waals surface area contributed by atoms with Gasteiger partial charge in [-0.15, -0.1) is 0 Å². The van der Waals surface area contributed by atoms with Crippen molar-refractivity contribution >= 4 is 23.3 Å². The van der Waals surface area contributed by atoms with Crippen LogP contribution in [0.5, 0.6) is 0 Å². The number of carbonyl (C=O) groups excluding carboxylic acids is 2. The van der Waals surface area contributed by atoms with Gasteiger partial charge >= 0.3 is 6.03 Å². The van der Waals surface area contributed by atoms with Crippen molar-refractivity contribution in [1.82, 2.24) is 4.90 Å². The van der Waals surface area contributed by atoms with Gasteiger partial charge in [0.05, 0.1) is 0 Å². The van der Waals surface area contributed by atoms with Crippen LogP contribution < -0.4 is 10.6 Å². The normalized spacial score (nSPS) is 23.3. The zero-order valence-corrected chi connectivity index (χ0v) is 15.2. The quantitative estimate of drug-likeness (QED) is 0.861. The molecule has 0 aromatic heterocycles. The van der Waals surface area contributed by atoms with Crippen molar-refractivity contribution in [2.24, 2.45) is 11.3 Å². The van der Waals surface area contributed by atoms with Crippen molar-refractivity contribution in [3.8, 4) is 0 Å². The maximum Gasteiger partial charge on any atom is 0.321 e. The third-order valence-electron chi connectivity index (χ3n) is 5.57. The minimum atomic E-state index is -0.377. The molecule has 140 valence electrons. The van der Waals surface area contributed by atoms with Crippen LogP contribution in [-0.2, 0) is 4.79 Å². The Bertz CT molecular complexity index is 883. The van der Waals surface area contributed by atoms with Gasteiger partial charge in [-0.2, -0.15) is 0 Å². The largest absolute Gasteiger partial charge is 0.326 e. The van der Waals surface area contributed by atoms with Crippen molar-refractivity contribution in [1.29, 1.82) is 0 Å². The Hall–Kier alpha value is -2.89. The standard InChI is InChI=1S/C21H22FN3O2/c1-14-5-7-16(8-6-14)24-20(27)25-10-9-21(13-25)12-18(21)19(26)23-17-4-2-3-15(22)11-17/h2-8,11,18H,9-10,12-13H2,1H3,(H,23,26)(H,24,27). The molecule has 4 rings (SSSR count). The molecule has 5 nitrogen and oxygen atoms in total. The van der Waals surface area contributed by atoms with Crippen LogP contribution in [0.4, 0.5) is 20.6 Å². The number of likely N-dealkylation sites (tertiary alicyclic amines) is 1. The van der Waals surface area contributed by atoms with E-state index in [1.54, 1.807) is 17.0 Å². The molecule has 6 heteroatoms. The maximum absolute atomic E-state index is 13.3. The molecule has 2 fully saturated rings. The van der Waals surface area contributed by atoms with Crippen molar-refractivity contribution in [3.63, 3.8) is 0 Å². The number of aryl methyl sites for hydroxylation is 1. The van der Waals surface area contributed by atoms with Gasteiger partial charge in [-0.05, 0) is 50.1 Å². The summed E-state index contributed by atoms with van der Waals surface area (Å²) in [5, 5.41) is 5.70. The summed E-state index contributed by atoms with van der Waals surface area (Å²) < 4.78 is 13.3. The molecular formula is C21H22FN3O2. The van der Waals surface area contributed by atoms with Crippen LogP contribution in [0.15, 0.2) is 48.5 Å². The van der Waals surface area contributed by atoms with E-state index in [2.05, 4.69) is 10.6 Å². The summed E-state index contributed by atoms with van der Waals surface area (Å²) >= 11 is 0. The molecule has 0 radical (unpaired) electrons. The minimum Gasteiger partial charge on any atom is -0.326 e. The van der Waals surface area contributed by atoms with Gasteiger partial charge in [0, 0.05) is 35.8 Å². The summed E-state index contributed by atoms with van der Waals surface area (Å²) in [6.07, 6.45) is 1.58. The van der Waals surface area contributed by atoms with Crippen LogP contribution in [0, 0.1) is 24.1 Å². The van der Waals surface area contributed by atoms with Gasteiger partial charge in [0.1, 0.15) is 5.82 Å². The number of benzene rings is 2. The fourth-order valence-corrected chi connectivity index (χ4v) is 3.87. The van der Waals surface area contributed by atoms with Crippen molar-refractivity contribution in [2.75, 3.05) is 23.7 Å². The number of halogens is 1. The summed E-state index contributed by atoms with van der Waals surface area (Å²) in [5.74, 6) is -0.600. The first kappa shape index (κ1) is 17.5. The Morgan fingerprint density at radius 2 is 1.89 bits per heavy atom. The van der Waals surface area contributed by atoms with Gasteiger partial charge in [-0.1, -0.05) is 23.8 Å². The van der Waals surface area contributed by atoms with E-state index in [0.717, 1.165) is 24.1 Å². The molecule has 3 amide bonds. The monoisotopic (exact) mass is 367 g/mol. The smallest absolute Gasteiger partial charge is 0.321 e. The number of hydrogen-bond acceptors (Lipinski definition) is 2. The molecule has 2 aromatic carbocycles. The van der Waals surface area contributed by atoms with E-state index in [4.69, 9.17) is 0 Å². The summed E-state index contributed by atoms with van der Waals surface area (Å²) in [6.45, 7) is 3.21. The molecule has 1 spiro atoms. The topological polar surface area (TPSA) is 61.4 Å². The zero-order chi connectivity index (χ0) is 19.0. The molecule has 2 atom stereocenters. The average Bonchev–Trinajstić information content (AvgIpc) is 3.17. The van der Waals surface area contributed by atoms with Crippen LogP contribution in [0.25, 0.3) is 0 Å². The number of rotatable bonds is 3. The highest BCUT2D eigenvalue weighted by Crippen LogP contribution is 2.58. The molecule has 1 aliphatic carbocycles. The van der Waals surface area contributed by atoms with Gasteiger partial charge in [-0.3, -0.25) is 4.79 Å². The molecular weight excluding hydrogens is 345 g/mol. The van der Waals surface area contributed by atoms with E-state index in [1.807, 2.05) is 31.2 Å². The molecule has 1 saturated carbocycles. The summed E-state index contributed by atoms with van der Waals surface area (Å²) in [6, 6.07) is 13.4. The third kappa shape index (κ3) is 3.65. The first-order valence-corrected chi connectivity index (χ1v) is 9.14. The van der Waals surface area contributed by atoms with Crippen LogP contribution in [0.1, 0.15) is 18.4 Å². The molecule has 2 aliphatic rings. The minimum absolute atomic E-state index is 0.0959. The van der Waals surface area contributed by atoms with Crippen LogP contribution >= 0.6 is 0 Å². The number of hydrogen-bond donors (Lipinski definition) is 2. The first-order valence-electron chi connectivity index (χ1n) is 9.14. The number of urea groups is 1. The predicted octanol–water partition coefficient (Wildman–Crippen LogP) is 4.02. The Balaban J connectivity index is 1.33. The Morgan fingerprint density at radius 1 is 1.11 bits per heavy atom. The molecule has 1 heterocycles. The van der Waals surface area contributed by atoms with Crippen molar-refractivity contribution < 1.29 is 14.0 Å². The van der Waals surface area contributed by atoms with Crippen LogP contribution in [0.3, 0.4) is 0 Å². The van der Waals surface area contributed by atoms with Gasteiger partial charge in [0.25, 0.3) is 0 Å². The predicted molar refractivity (Wildman–Crippen MR) is 102 cm³/mol. The molecule has 1 saturated heterocycles. The second-order valence-electron chi connectivity index (χ2n) is 7.59. The summed E-state index contributed by atoms with van der Waals surface area (Å²) in [4.78, 5) is 26.8. The van der Waals surface area contributed by atoms with Crippen molar-refractivity contribution in [2.45, 2.75) is 19.8 Å². The summed E-state index contributed by atoms with van der Waals surface area (Å²) in [5.41, 5.74) is 2.23. The highest BCUT2D eigenvalue weighted by Gasteiger charge is 2.61. The van der Waals surface area contributed by atoms with Gasteiger partial charge in [0.15, 0.2) is 0 Å². The first-order chi connectivity index (χ1) is 12.9. The highest BCUT2D eigenvalue weighted by atomic mass is 19.1.